The standard InChI is InChI=1S/C26H37N5OS/c1-19-18-22(20(2)31(19)21-8-3-4-9-21)25-24(23-10-5-6-11-27-23)28-26(33)30(25)13-7-12-29-14-16-32-17-15-29/h5-6,10-11,18,21,24-25H,3-4,7-9,12-17H2,1-2H3,(H,28,33). The summed E-state index contributed by atoms with van der Waals surface area (Å²) in [5.74, 6) is 0. The van der Waals surface area contributed by atoms with Crippen LogP contribution in [0.1, 0.15) is 72.9 Å². The van der Waals surface area contributed by atoms with E-state index in [0.29, 0.717) is 6.04 Å². The molecule has 7 heteroatoms. The van der Waals surface area contributed by atoms with Gasteiger partial charge < -0.3 is 19.5 Å². The molecule has 1 saturated carbocycles. The molecule has 0 bridgehead atoms. The second-order valence-corrected chi connectivity index (χ2v) is 10.1. The molecule has 2 atom stereocenters. The Bertz CT molecular complexity index is 949. The fourth-order valence-electron chi connectivity index (χ4n) is 6.10. The Morgan fingerprint density at radius 2 is 1.91 bits per heavy atom. The number of aromatic nitrogens is 2. The molecule has 1 aliphatic carbocycles. The fraction of sp³-hybridized carbons (Fsp3) is 0.615. The van der Waals surface area contributed by atoms with Gasteiger partial charge >= 0.3 is 0 Å². The van der Waals surface area contributed by atoms with Crippen LogP contribution in [0.4, 0.5) is 0 Å². The van der Waals surface area contributed by atoms with Gasteiger partial charge in [0.05, 0.1) is 31.0 Å². The Hall–Kier alpha value is -1.96. The molecule has 1 N–H and O–H groups in total. The van der Waals surface area contributed by atoms with Crippen molar-refractivity contribution in [2.45, 2.75) is 64.1 Å². The fourth-order valence-corrected chi connectivity index (χ4v) is 6.43. The first kappa shape index (κ1) is 22.8. The van der Waals surface area contributed by atoms with Gasteiger partial charge in [0.2, 0.25) is 0 Å². The minimum atomic E-state index is 0.0691. The lowest BCUT2D eigenvalue weighted by Crippen LogP contribution is -2.39. The Kier molecular flexibility index (Phi) is 6.99. The maximum atomic E-state index is 5.90. The number of hydrogen-bond acceptors (Lipinski definition) is 4. The molecule has 2 aromatic rings. The molecule has 6 nitrogen and oxygen atoms in total. The molecule has 178 valence electrons. The summed E-state index contributed by atoms with van der Waals surface area (Å²) in [7, 11) is 0. The molecular weight excluding hydrogens is 430 g/mol. The molecule has 0 radical (unpaired) electrons. The van der Waals surface area contributed by atoms with E-state index in [2.05, 4.69) is 51.7 Å². The molecule has 0 amide bonds. The highest BCUT2D eigenvalue weighted by atomic mass is 32.1. The van der Waals surface area contributed by atoms with E-state index in [1.165, 1.54) is 42.6 Å². The molecule has 0 aromatic carbocycles. The molecular formula is C26H37N5OS. The van der Waals surface area contributed by atoms with Crippen molar-refractivity contribution in [1.29, 1.82) is 0 Å². The first-order valence-corrected chi connectivity index (χ1v) is 13.0. The van der Waals surface area contributed by atoms with E-state index in [4.69, 9.17) is 21.9 Å². The van der Waals surface area contributed by atoms with E-state index >= 15 is 0 Å². The van der Waals surface area contributed by atoms with Crippen LogP contribution in [0, 0.1) is 13.8 Å². The van der Waals surface area contributed by atoms with Crippen LogP contribution in [-0.2, 0) is 4.74 Å². The minimum Gasteiger partial charge on any atom is -0.379 e. The van der Waals surface area contributed by atoms with Gasteiger partial charge in [-0.25, -0.2) is 0 Å². The largest absolute Gasteiger partial charge is 0.379 e. The maximum absolute atomic E-state index is 5.90. The van der Waals surface area contributed by atoms with Crippen LogP contribution in [0.15, 0.2) is 30.5 Å². The second kappa shape index (κ2) is 10.1. The number of nitrogens with one attached hydrogen (secondary N) is 1. The Morgan fingerprint density at radius 1 is 1.12 bits per heavy atom. The van der Waals surface area contributed by atoms with Gasteiger partial charge in [-0.15, -0.1) is 0 Å². The van der Waals surface area contributed by atoms with E-state index in [-0.39, 0.29) is 12.1 Å². The minimum absolute atomic E-state index is 0.0691. The van der Waals surface area contributed by atoms with Crippen LogP contribution in [0.25, 0.3) is 0 Å². The smallest absolute Gasteiger partial charge is 0.170 e. The van der Waals surface area contributed by atoms with Crippen LogP contribution >= 0.6 is 12.2 Å². The third-order valence-corrected chi connectivity index (χ3v) is 8.06. The van der Waals surface area contributed by atoms with Gasteiger partial charge in [0.25, 0.3) is 0 Å². The SMILES string of the molecule is Cc1cc(C2C(c3ccccn3)NC(=S)N2CCCN2CCOCC2)c(C)n1C1CCCC1. The first-order valence-electron chi connectivity index (χ1n) is 12.6. The van der Waals surface area contributed by atoms with Crippen molar-refractivity contribution >= 4 is 17.3 Å². The summed E-state index contributed by atoms with van der Waals surface area (Å²) in [4.78, 5) is 9.65. The number of hydrogen-bond donors (Lipinski definition) is 1. The summed E-state index contributed by atoms with van der Waals surface area (Å²) in [5, 5.41) is 4.49. The predicted molar refractivity (Wildman–Crippen MR) is 135 cm³/mol. The van der Waals surface area contributed by atoms with Gasteiger partial charge in [-0.2, -0.15) is 0 Å². The van der Waals surface area contributed by atoms with Crippen molar-refractivity contribution in [2.75, 3.05) is 39.4 Å². The normalized spacial score (nSPS) is 24.5. The van der Waals surface area contributed by atoms with Crippen LogP contribution in [0.2, 0.25) is 0 Å². The quantitative estimate of drug-likeness (QED) is 0.613. The lowest BCUT2D eigenvalue weighted by atomic mass is 9.96. The lowest BCUT2D eigenvalue weighted by Gasteiger charge is -2.30. The van der Waals surface area contributed by atoms with Crippen LogP contribution in [0.3, 0.4) is 0 Å². The first-order chi connectivity index (χ1) is 16.1. The molecule has 4 heterocycles. The summed E-state index contributed by atoms with van der Waals surface area (Å²) in [6.07, 6.45) is 8.26. The van der Waals surface area contributed by atoms with Gasteiger partial charge in [-0.1, -0.05) is 18.9 Å². The highest BCUT2D eigenvalue weighted by molar-refractivity contribution is 7.80. The molecule has 2 saturated heterocycles. The van der Waals surface area contributed by atoms with Crippen molar-refractivity contribution < 1.29 is 4.74 Å². The number of ether oxygens (including phenoxy) is 1. The molecule has 2 unspecified atom stereocenters. The van der Waals surface area contributed by atoms with E-state index in [0.717, 1.165) is 56.6 Å². The molecule has 5 rings (SSSR count). The number of thiocarbonyl (C=S) groups is 1. The Labute approximate surface area is 203 Å². The summed E-state index contributed by atoms with van der Waals surface area (Å²) >= 11 is 5.90. The lowest BCUT2D eigenvalue weighted by molar-refractivity contribution is 0.0365. The van der Waals surface area contributed by atoms with E-state index in [1.54, 1.807) is 0 Å². The number of rotatable bonds is 7. The molecule has 2 aliphatic heterocycles. The van der Waals surface area contributed by atoms with Crippen LogP contribution < -0.4 is 5.32 Å². The zero-order valence-electron chi connectivity index (χ0n) is 20.0. The van der Waals surface area contributed by atoms with E-state index in [1.807, 2.05) is 12.3 Å². The van der Waals surface area contributed by atoms with Crippen molar-refractivity contribution in [3.63, 3.8) is 0 Å². The number of pyridine rings is 1. The van der Waals surface area contributed by atoms with Gasteiger partial charge in [0.1, 0.15) is 0 Å². The van der Waals surface area contributed by atoms with Crippen molar-refractivity contribution in [2.24, 2.45) is 0 Å². The highest BCUT2D eigenvalue weighted by Gasteiger charge is 2.41. The van der Waals surface area contributed by atoms with E-state index in [9.17, 15) is 0 Å². The summed E-state index contributed by atoms with van der Waals surface area (Å²) in [6.45, 7) is 10.4. The van der Waals surface area contributed by atoms with Gasteiger partial charge in [-0.05, 0) is 69.1 Å². The summed E-state index contributed by atoms with van der Waals surface area (Å²) in [6, 6.07) is 9.48. The van der Waals surface area contributed by atoms with Gasteiger partial charge in [0.15, 0.2) is 5.11 Å². The molecule has 3 aliphatic rings. The number of morpholine rings is 1. The summed E-state index contributed by atoms with van der Waals surface area (Å²) < 4.78 is 8.11. The molecule has 3 fully saturated rings. The third kappa shape index (κ3) is 4.68. The summed E-state index contributed by atoms with van der Waals surface area (Å²) in [5.41, 5.74) is 5.23. The predicted octanol–water partition coefficient (Wildman–Crippen LogP) is 4.31. The Balaban J connectivity index is 1.43. The molecule has 2 aromatic heterocycles. The van der Waals surface area contributed by atoms with Crippen molar-refractivity contribution in [3.05, 3.63) is 53.1 Å². The van der Waals surface area contributed by atoms with Crippen LogP contribution in [0.5, 0.6) is 0 Å². The molecule has 33 heavy (non-hydrogen) atoms. The monoisotopic (exact) mass is 467 g/mol. The number of nitrogens with zero attached hydrogens (tertiary/aromatic N) is 4. The van der Waals surface area contributed by atoms with Crippen LogP contribution in [-0.4, -0.2) is 63.9 Å². The zero-order valence-corrected chi connectivity index (χ0v) is 20.8. The molecule has 0 spiro atoms. The van der Waals surface area contributed by atoms with E-state index < -0.39 is 0 Å². The van der Waals surface area contributed by atoms with Gasteiger partial charge in [-0.3, -0.25) is 9.88 Å². The maximum Gasteiger partial charge on any atom is 0.170 e. The van der Waals surface area contributed by atoms with Crippen molar-refractivity contribution in [3.8, 4) is 0 Å². The average Bonchev–Trinajstić information content (AvgIpc) is 3.54. The van der Waals surface area contributed by atoms with Crippen molar-refractivity contribution in [1.82, 2.24) is 24.7 Å². The highest BCUT2D eigenvalue weighted by Crippen LogP contribution is 2.42. The zero-order chi connectivity index (χ0) is 22.8. The topological polar surface area (TPSA) is 45.6 Å². The average molecular weight is 468 g/mol. The second-order valence-electron chi connectivity index (χ2n) is 9.76. The Morgan fingerprint density at radius 3 is 2.64 bits per heavy atom. The number of aryl methyl sites for hydroxylation is 1. The third-order valence-electron chi connectivity index (χ3n) is 7.71. The van der Waals surface area contributed by atoms with Gasteiger partial charge in [0, 0.05) is 49.8 Å².